The highest BCUT2D eigenvalue weighted by atomic mass is 16.5. The van der Waals surface area contributed by atoms with Crippen LogP contribution in [0.2, 0.25) is 0 Å². The molecule has 8 aliphatic carbocycles. The van der Waals surface area contributed by atoms with Gasteiger partial charge < -0.3 is 9.47 Å². The minimum atomic E-state index is -0.133. The van der Waals surface area contributed by atoms with E-state index in [1.807, 2.05) is 0 Å². The summed E-state index contributed by atoms with van der Waals surface area (Å²) in [5.41, 5.74) is 4.69. The molecule has 16 atom stereocenters. The van der Waals surface area contributed by atoms with Crippen molar-refractivity contribution in [3.8, 4) is 0 Å². The molecule has 0 unspecified atom stereocenters. The summed E-state index contributed by atoms with van der Waals surface area (Å²) < 4.78 is 12.3. The maximum Gasteiger partial charge on any atom is 0.306 e. The Bertz CT molecular complexity index is 1550. The molecule has 0 aromatic heterocycles. The van der Waals surface area contributed by atoms with E-state index in [1.54, 1.807) is 11.1 Å². The maximum absolute atomic E-state index is 13.2. The Morgan fingerprint density at radius 2 is 0.937 bits per heavy atom. The van der Waals surface area contributed by atoms with E-state index in [2.05, 4.69) is 81.4 Å². The van der Waals surface area contributed by atoms with Crippen molar-refractivity contribution in [2.24, 2.45) is 92.7 Å². The summed E-state index contributed by atoms with van der Waals surface area (Å²) in [6.07, 6.45) is 34.4. The average molecular weight is 869 g/mol. The number of carbonyl (C=O) groups is 2. The number of allylic oxidation sites excluding steroid dienone is 2. The summed E-state index contributed by atoms with van der Waals surface area (Å²) in [4.78, 5) is 26.4. The Morgan fingerprint density at radius 1 is 0.524 bits per heavy atom. The van der Waals surface area contributed by atoms with Crippen LogP contribution in [-0.2, 0) is 19.1 Å². The van der Waals surface area contributed by atoms with Crippen LogP contribution in [0.5, 0.6) is 0 Å². The highest BCUT2D eigenvalue weighted by Gasteiger charge is 2.61. The Balaban J connectivity index is 0.767. The lowest BCUT2D eigenvalue weighted by molar-refractivity contribution is -0.153. The normalized spacial score (nSPS) is 42.7. The monoisotopic (exact) mass is 869 g/mol. The van der Waals surface area contributed by atoms with Crippen molar-refractivity contribution >= 4 is 11.9 Å². The molecular weight excluding hydrogens is 773 g/mol. The number of ether oxygens (including phenoxy) is 2. The summed E-state index contributed by atoms with van der Waals surface area (Å²) in [5, 5.41) is 0. The van der Waals surface area contributed by atoms with Gasteiger partial charge in [-0.3, -0.25) is 9.59 Å². The van der Waals surface area contributed by atoms with E-state index in [4.69, 9.17) is 9.47 Å². The van der Waals surface area contributed by atoms with Gasteiger partial charge in [0, 0.05) is 25.7 Å². The third-order valence-corrected chi connectivity index (χ3v) is 21.9. The molecule has 4 nitrogen and oxygen atoms in total. The molecule has 63 heavy (non-hydrogen) atoms. The van der Waals surface area contributed by atoms with Crippen LogP contribution in [-0.4, -0.2) is 24.1 Å². The van der Waals surface area contributed by atoms with Crippen LogP contribution in [0.4, 0.5) is 0 Å². The highest BCUT2D eigenvalue weighted by Crippen LogP contribution is 2.69. The second-order valence-corrected chi connectivity index (χ2v) is 26.1. The summed E-state index contributed by atoms with van der Waals surface area (Å²) >= 11 is 0. The molecule has 8 rings (SSSR count). The van der Waals surface area contributed by atoms with Crippen LogP contribution in [0, 0.1) is 92.7 Å². The first kappa shape index (κ1) is 47.9. The Hall–Kier alpha value is -1.58. The van der Waals surface area contributed by atoms with Crippen LogP contribution in [0.15, 0.2) is 23.3 Å². The molecule has 8 aliphatic rings. The topological polar surface area (TPSA) is 52.6 Å². The molecular formula is C59H96O4. The van der Waals surface area contributed by atoms with Gasteiger partial charge in [-0.15, -0.1) is 0 Å². The van der Waals surface area contributed by atoms with Gasteiger partial charge in [0.15, 0.2) is 0 Å². The van der Waals surface area contributed by atoms with Gasteiger partial charge in [0.25, 0.3) is 0 Å². The molecule has 0 spiro atoms. The van der Waals surface area contributed by atoms with Gasteiger partial charge >= 0.3 is 11.9 Å². The zero-order valence-electron chi connectivity index (χ0n) is 42.5. The third kappa shape index (κ3) is 9.36. The van der Waals surface area contributed by atoms with Crippen LogP contribution in [0.3, 0.4) is 0 Å². The Kier molecular flexibility index (Phi) is 14.6. The maximum atomic E-state index is 13.2. The first-order valence-corrected chi connectivity index (χ1v) is 27.7. The van der Waals surface area contributed by atoms with E-state index in [1.165, 1.54) is 103 Å². The van der Waals surface area contributed by atoms with E-state index in [0.717, 1.165) is 110 Å². The minimum absolute atomic E-state index is 0.0206. The number of fused-ring (bicyclic) bond motifs is 10. The van der Waals surface area contributed by atoms with E-state index >= 15 is 0 Å². The third-order valence-electron chi connectivity index (χ3n) is 21.9. The summed E-state index contributed by atoms with van der Waals surface area (Å²) in [6.45, 7) is 25.2. The number of hydrogen-bond donors (Lipinski definition) is 0. The summed E-state index contributed by atoms with van der Waals surface area (Å²) in [6, 6.07) is 0. The SMILES string of the molecule is CC(C)CCC[C@@H](C)[C@H]1CC[C@H]2[C@@H]3CC=C4C[C@@H](OC(=O)CCCC(=O)O[C@@H]5CC[C@]6(C)C(=CC[C@@H]7[C@H]8CC[C@@H]([C@@H](C)CCCC(C)C)[C@]8(C)CC[C@H]76)C5)CC[C@]4(C)[C@H]3CC[C@]12C. The quantitative estimate of drug-likeness (QED) is 0.115. The van der Waals surface area contributed by atoms with Gasteiger partial charge in [-0.25, -0.2) is 0 Å². The molecule has 0 heterocycles. The van der Waals surface area contributed by atoms with Crippen molar-refractivity contribution in [1.82, 2.24) is 0 Å². The van der Waals surface area contributed by atoms with Gasteiger partial charge in [-0.2, -0.15) is 0 Å². The molecule has 0 radical (unpaired) electrons. The predicted molar refractivity (Wildman–Crippen MR) is 260 cm³/mol. The van der Waals surface area contributed by atoms with Crippen molar-refractivity contribution in [3.63, 3.8) is 0 Å². The lowest BCUT2D eigenvalue weighted by Crippen LogP contribution is -2.51. The van der Waals surface area contributed by atoms with Crippen molar-refractivity contribution in [2.75, 3.05) is 0 Å². The fourth-order valence-electron chi connectivity index (χ4n) is 18.4. The fourth-order valence-corrected chi connectivity index (χ4v) is 18.4. The second-order valence-electron chi connectivity index (χ2n) is 26.1. The van der Waals surface area contributed by atoms with Crippen molar-refractivity contribution < 1.29 is 19.1 Å². The number of hydrogen-bond acceptors (Lipinski definition) is 4. The molecule has 0 aromatic rings. The van der Waals surface area contributed by atoms with Gasteiger partial charge in [-0.05, 0) is 189 Å². The molecule has 6 saturated carbocycles. The molecule has 0 N–H and O–H groups in total. The highest BCUT2D eigenvalue weighted by molar-refractivity contribution is 5.72. The molecule has 0 aromatic carbocycles. The number of esters is 2. The summed E-state index contributed by atoms with van der Waals surface area (Å²) in [5.74, 6) is 9.78. The first-order chi connectivity index (χ1) is 30.0. The van der Waals surface area contributed by atoms with Gasteiger partial charge in [0.05, 0.1) is 0 Å². The van der Waals surface area contributed by atoms with E-state index in [9.17, 15) is 9.59 Å². The largest absolute Gasteiger partial charge is 0.462 e. The predicted octanol–water partition coefficient (Wildman–Crippen LogP) is 16.1. The van der Waals surface area contributed by atoms with Crippen molar-refractivity contribution in [1.29, 1.82) is 0 Å². The zero-order chi connectivity index (χ0) is 44.9. The van der Waals surface area contributed by atoms with Gasteiger partial charge in [0.1, 0.15) is 12.2 Å². The van der Waals surface area contributed by atoms with Gasteiger partial charge in [-0.1, -0.05) is 131 Å². The lowest BCUT2D eigenvalue weighted by atomic mass is 9.47. The van der Waals surface area contributed by atoms with E-state index in [-0.39, 0.29) is 35.0 Å². The molecule has 0 amide bonds. The first-order valence-electron chi connectivity index (χ1n) is 27.7. The second kappa shape index (κ2) is 19.2. The Morgan fingerprint density at radius 3 is 1.33 bits per heavy atom. The number of carbonyl (C=O) groups excluding carboxylic acids is 2. The smallest absolute Gasteiger partial charge is 0.306 e. The van der Waals surface area contributed by atoms with E-state index in [0.29, 0.717) is 30.1 Å². The fraction of sp³-hybridized carbons (Fsp3) is 0.898. The summed E-state index contributed by atoms with van der Waals surface area (Å²) in [7, 11) is 0. The van der Waals surface area contributed by atoms with Crippen molar-refractivity contribution in [3.05, 3.63) is 23.3 Å². The molecule has 6 fully saturated rings. The lowest BCUT2D eigenvalue weighted by Gasteiger charge is -2.58. The molecule has 0 aliphatic heterocycles. The molecule has 4 heteroatoms. The molecule has 0 saturated heterocycles. The standard InChI is InChI=1S/C59H96O4/c1-38(2)14-11-16-40(5)48-24-26-50-46-22-20-42-36-44(28-32-56(42,7)52(46)30-34-58(48,50)9)62-54(60)18-13-19-55(61)63-45-29-33-57(8)43(37-45)21-23-47-51-27-25-49(41(6)17-12-15-39(3)4)59(51,10)35-31-53(47)57/h20-21,38-41,44-53H,11-19,22-37H2,1-10H3/t40-,41+,44+,45-,46+,47-,48-,49+,50+,51-,52+,53-,56+,57-,58-,59+. The van der Waals surface area contributed by atoms with Gasteiger partial charge in [0.2, 0.25) is 0 Å². The van der Waals surface area contributed by atoms with Crippen LogP contribution in [0.25, 0.3) is 0 Å². The Labute approximate surface area is 387 Å². The minimum Gasteiger partial charge on any atom is -0.462 e. The zero-order valence-corrected chi connectivity index (χ0v) is 42.5. The molecule has 0 bridgehead atoms. The van der Waals surface area contributed by atoms with E-state index < -0.39 is 0 Å². The average Bonchev–Trinajstić information content (AvgIpc) is 3.77. The van der Waals surface area contributed by atoms with Crippen LogP contribution < -0.4 is 0 Å². The number of rotatable bonds is 16. The van der Waals surface area contributed by atoms with Crippen molar-refractivity contribution in [2.45, 2.75) is 242 Å². The van der Waals surface area contributed by atoms with Crippen LogP contribution in [0.1, 0.15) is 230 Å². The van der Waals surface area contributed by atoms with Crippen LogP contribution >= 0.6 is 0 Å². The molecule has 356 valence electrons.